The van der Waals surface area contributed by atoms with Gasteiger partial charge in [0.25, 0.3) is 18.3 Å². The number of carbonyl (C=O) groups is 9. The van der Waals surface area contributed by atoms with E-state index in [-0.39, 0.29) is 184 Å². The van der Waals surface area contributed by atoms with Gasteiger partial charge in [0.2, 0.25) is 6.29 Å². The fourth-order valence-electron chi connectivity index (χ4n) is 6.16. The van der Waals surface area contributed by atoms with Gasteiger partial charge in [-0.3, -0.25) is 18.8 Å². The van der Waals surface area contributed by atoms with Crippen LogP contribution in [0, 0.1) is 0 Å². The van der Waals surface area contributed by atoms with Gasteiger partial charge in [-0.1, -0.05) is 59.1 Å². The van der Waals surface area contributed by atoms with Crippen LogP contribution in [0.2, 0.25) is 10.0 Å². The Morgan fingerprint density at radius 1 is 0.549 bits per heavy atom. The Balaban J connectivity index is -0.000000648. The van der Waals surface area contributed by atoms with Gasteiger partial charge in [-0.05, 0) is 173 Å². The molecule has 0 aromatic heterocycles. The summed E-state index contributed by atoms with van der Waals surface area (Å²) in [5, 5.41) is 34.2. The van der Waals surface area contributed by atoms with E-state index in [1.807, 2.05) is 24.3 Å². The van der Waals surface area contributed by atoms with Crippen LogP contribution in [-0.4, -0.2) is 140 Å². The van der Waals surface area contributed by atoms with Crippen LogP contribution in [0.25, 0.3) is 0 Å². The van der Waals surface area contributed by atoms with Gasteiger partial charge in [-0.15, -0.1) is 0 Å². The van der Waals surface area contributed by atoms with Crippen molar-refractivity contribution < 1.29 is 237 Å². The number of hydrogen-bond acceptors (Lipinski definition) is 18. The Labute approximate surface area is 666 Å². The molecule has 6 amide bonds. The van der Waals surface area contributed by atoms with E-state index in [4.69, 9.17) is 79.8 Å². The number of alkyl carbamates (subject to hydrolysis) is 4. The number of alkyl halides is 2. The molecule has 496 valence electrons. The Morgan fingerprint density at radius 2 is 0.868 bits per heavy atom. The van der Waals surface area contributed by atoms with Gasteiger partial charge >= 0.3 is 174 Å². The van der Waals surface area contributed by atoms with E-state index in [1.165, 1.54) is 41.5 Å². The number of carboxylic acids is 1. The Kier molecular flexibility index (Phi) is 47.3. The van der Waals surface area contributed by atoms with Crippen LogP contribution in [0.15, 0.2) is 97.1 Å². The van der Waals surface area contributed by atoms with Gasteiger partial charge in [0.05, 0.1) is 8.52 Å². The molecule has 2 atom stereocenters. The summed E-state index contributed by atoms with van der Waals surface area (Å²) in [4.78, 5) is 105. The smallest absolute Gasteiger partial charge is 1.00 e. The quantitative estimate of drug-likeness (QED) is 0.00774. The summed E-state index contributed by atoms with van der Waals surface area (Å²) in [7, 11) is -1.00. The number of rotatable bonds is 24. The fourth-order valence-corrected chi connectivity index (χ4v) is 6.49. The van der Waals surface area contributed by atoms with Crippen LogP contribution < -0.4 is 184 Å². The first-order valence-electron chi connectivity index (χ1n) is 27.8. The standard InChI is InChI=1S/C29H38ClN3O8.C19H20ClNO4.C10H19ClN2O4.CH3F.CH2O3.2Cs.H/c1-19(39-26(36)32-17-18-33-27(37)41-28(2,3)4)38-25(35)29(5,6)40-23-13-7-20(8-14-23)15-16-31-24(34)21-9-11-22(30)12-10-21;1-19(2,18(23)24)25-16-9-3-13(4-10-16)11-12-21-17(22)14-5-7-15(20)8-6-14;1-7(11)16-8(14)12-5-6-13-9(15)17-10(2,3)4;1-2;2-1-4-3;;;/h7-14,19H,15-18H2,1-6H3,(H,31,34)(H,32,36)(H,33,37);3-10H,11-12H2,1-2H3,(H,21,22)(H,23,24);7H,5-6H2,1-4H3,(H,12,14)(H,13,15);1H3;1,3H;;;/q;;;;;2*+1;-1/p-1/i;;;1D;;;;. The number of carbonyl (C=O) groups excluding carboxylic acids is 8. The third kappa shape index (κ3) is 45.7. The molecule has 4 rings (SSSR count). The average molecular weight is 1580 g/mol. The van der Waals surface area contributed by atoms with Crippen LogP contribution in [0.3, 0.4) is 0 Å². The van der Waals surface area contributed by atoms with Gasteiger partial charge < -0.3 is 81.7 Å². The average Bonchev–Trinajstić information content (AvgIpc) is 1.20. The maximum Gasteiger partial charge on any atom is 1.00 e. The van der Waals surface area contributed by atoms with Crippen molar-refractivity contribution in [2.24, 2.45) is 0 Å². The SMILES string of the molecule is CC(C)(Oc1ccc(CCNC(=O)c2ccc(Cl)cc2)cc1)C(=O)O.CC(Cl)OC(=O)NCCNC(=O)OC(C)(C)C.CC(OC(=O)NCCNC(=O)OC(C)(C)C)OC(=O)C(C)(C)Oc1ccc(CCNC(=O)c2ccc(Cl)cc2)cc1.O=CO[O-].[2H]CF.[Cs+].[Cs+].[H-]. The molecule has 4 aromatic rings. The molecule has 4 aromatic carbocycles. The number of benzene rings is 4. The monoisotopic (exact) mass is 1580 g/mol. The second kappa shape index (κ2) is 48.5. The maximum absolute atomic E-state index is 12.7. The third-order valence-electron chi connectivity index (χ3n) is 10.2. The van der Waals surface area contributed by atoms with E-state index in [9.17, 15) is 42.7 Å². The number of amides is 6. The summed E-state index contributed by atoms with van der Waals surface area (Å²) < 4.78 is 51.7. The van der Waals surface area contributed by atoms with Crippen molar-refractivity contribution >= 4 is 89.4 Å². The molecule has 7 N–H and O–H groups in total. The van der Waals surface area contributed by atoms with Crippen LogP contribution in [0.5, 0.6) is 11.5 Å². The van der Waals surface area contributed by atoms with Crippen LogP contribution in [0.4, 0.5) is 23.6 Å². The summed E-state index contributed by atoms with van der Waals surface area (Å²) >= 11 is 17.1. The van der Waals surface area contributed by atoms with Gasteiger partial charge in [0.1, 0.15) is 22.7 Å². The Bertz CT molecular complexity index is 2850. The molecular formula is C60H82Cl3Cs2FN6O19. The summed E-state index contributed by atoms with van der Waals surface area (Å²) in [5.74, 6) is -1.18. The first-order valence-corrected chi connectivity index (χ1v) is 28.3. The molecule has 0 spiro atoms. The van der Waals surface area contributed by atoms with Crippen molar-refractivity contribution in [2.45, 2.75) is 130 Å². The van der Waals surface area contributed by atoms with E-state index in [0.717, 1.165) is 11.1 Å². The molecule has 0 aliphatic heterocycles. The first-order chi connectivity index (χ1) is 42.0. The number of carboxylic acid groups (broad SMARTS) is 1. The number of esters is 1. The Morgan fingerprint density at radius 3 is 1.18 bits per heavy atom. The summed E-state index contributed by atoms with van der Waals surface area (Å²) in [5.41, 5.74) is -1.45. The zero-order valence-corrected chi connectivity index (χ0v) is 68.5. The van der Waals surface area contributed by atoms with Crippen LogP contribution in [-0.2, 0) is 55.8 Å². The molecule has 0 saturated carbocycles. The molecule has 91 heavy (non-hydrogen) atoms. The summed E-state index contributed by atoms with van der Waals surface area (Å²) in [6, 6.07) is 27.6. The van der Waals surface area contributed by atoms with Crippen molar-refractivity contribution in [3.8, 4) is 11.5 Å². The van der Waals surface area contributed by atoms with E-state index < -0.39 is 77.7 Å². The van der Waals surface area contributed by atoms with Gasteiger partial charge in [0.15, 0.2) is 16.8 Å². The van der Waals surface area contributed by atoms with Crippen molar-refractivity contribution in [3.63, 3.8) is 0 Å². The molecule has 2 unspecified atom stereocenters. The maximum atomic E-state index is 12.7. The normalized spacial score (nSPS) is 11.2. The number of hydrogen-bond donors (Lipinski definition) is 7. The van der Waals surface area contributed by atoms with Crippen molar-refractivity contribution in [1.82, 2.24) is 31.9 Å². The van der Waals surface area contributed by atoms with E-state index >= 15 is 0 Å². The number of aliphatic carboxylic acids is 1. The zero-order chi connectivity index (χ0) is 68.7. The third-order valence-corrected chi connectivity index (χ3v) is 10.8. The minimum absolute atomic E-state index is 0. The van der Waals surface area contributed by atoms with Gasteiger partial charge in [-0.2, -0.15) is 0 Å². The summed E-state index contributed by atoms with van der Waals surface area (Å²) in [6.07, 6.45) is -2.52. The molecule has 31 heteroatoms. The number of ether oxygens (including phenoxy) is 7. The molecule has 0 aliphatic rings. The van der Waals surface area contributed by atoms with Crippen molar-refractivity contribution in [1.29, 1.82) is 0 Å². The minimum atomic E-state index is -1.38. The Hall–Kier alpha value is -4.23. The van der Waals surface area contributed by atoms with Crippen molar-refractivity contribution in [2.75, 3.05) is 46.4 Å². The predicted molar refractivity (Wildman–Crippen MR) is 329 cm³/mol. The largest absolute Gasteiger partial charge is 1.00 e. The van der Waals surface area contributed by atoms with Gasteiger partial charge in [0, 0.05) is 67.4 Å². The molecular weight excluding hydrogens is 1500 g/mol. The summed E-state index contributed by atoms with van der Waals surface area (Å²) in [6.45, 7) is 20.9. The first kappa shape index (κ1) is 88.8. The predicted octanol–water partition coefficient (Wildman–Crippen LogP) is 3.13. The fraction of sp³-hybridized carbons (Fsp3) is 0.450. The molecule has 0 heterocycles. The molecule has 0 fully saturated rings. The van der Waals surface area contributed by atoms with Crippen molar-refractivity contribution in [3.05, 3.63) is 129 Å². The van der Waals surface area contributed by atoms with E-state index in [2.05, 4.69) is 41.5 Å². The second-order valence-electron chi connectivity index (χ2n) is 21.1. The van der Waals surface area contributed by atoms with Crippen LogP contribution >= 0.6 is 34.8 Å². The molecule has 0 radical (unpaired) electrons. The molecule has 0 saturated heterocycles. The molecule has 0 bridgehead atoms. The molecule has 0 aliphatic carbocycles. The second-order valence-corrected chi connectivity index (χ2v) is 22.6. The van der Waals surface area contributed by atoms with E-state index in [1.54, 1.807) is 114 Å². The van der Waals surface area contributed by atoms with E-state index in [0.29, 0.717) is 58.6 Å². The van der Waals surface area contributed by atoms with Gasteiger partial charge in [-0.25, -0.2) is 28.8 Å². The van der Waals surface area contributed by atoms with Crippen LogP contribution in [0.1, 0.15) is 118 Å². The number of nitrogens with one attached hydrogen (secondary N) is 6. The number of halogens is 4. The zero-order valence-electron chi connectivity index (χ0n) is 55.6. The minimum Gasteiger partial charge on any atom is -1.00 e. The molecule has 25 nitrogen and oxygen atoms in total. The topological polar surface area (TPSA) is 343 Å².